The van der Waals surface area contributed by atoms with Gasteiger partial charge in [-0.3, -0.25) is 0 Å². The Morgan fingerprint density at radius 1 is 0.889 bits per heavy atom. The molecular weight excluding hydrogens is 264 g/mol. The van der Waals surface area contributed by atoms with E-state index in [-0.39, 0.29) is 0 Å². The van der Waals surface area contributed by atoms with Gasteiger partial charge in [-0.1, -0.05) is 35.9 Å². The van der Waals surface area contributed by atoms with Crippen LogP contribution in [0.25, 0.3) is 0 Å². The van der Waals surface area contributed by atoms with Gasteiger partial charge in [0.15, 0.2) is 0 Å². The van der Waals surface area contributed by atoms with E-state index in [9.17, 15) is 8.42 Å². The van der Waals surface area contributed by atoms with Crippen molar-refractivity contribution in [2.45, 2.75) is 23.6 Å². The molecule has 0 N–H and O–H groups in total. The summed E-state index contributed by atoms with van der Waals surface area (Å²) in [4.78, 5) is 1.12. The molecule has 4 heteroatoms. The van der Waals surface area contributed by atoms with E-state index in [2.05, 4.69) is 0 Å². The molecule has 0 aliphatic heterocycles. The van der Waals surface area contributed by atoms with Crippen molar-refractivity contribution in [3.05, 3.63) is 59.7 Å². The van der Waals surface area contributed by atoms with Crippen molar-refractivity contribution in [1.82, 2.24) is 0 Å². The lowest BCUT2D eigenvalue weighted by Crippen LogP contribution is -1.97. The molecule has 0 amide bonds. The van der Waals surface area contributed by atoms with Gasteiger partial charge in [0.25, 0.3) is 0 Å². The second-order valence-corrected chi connectivity index (χ2v) is 7.92. The van der Waals surface area contributed by atoms with Gasteiger partial charge in [-0.15, -0.1) is 0 Å². The van der Waals surface area contributed by atoms with Crippen LogP contribution in [0.4, 0.5) is 0 Å². The highest BCUT2D eigenvalue weighted by molar-refractivity contribution is 8.72. The molecule has 0 heterocycles. The average molecular weight is 278 g/mol. The summed E-state index contributed by atoms with van der Waals surface area (Å²) in [7, 11) is -2.45. The highest BCUT2D eigenvalue weighted by Crippen LogP contribution is 2.32. The average Bonchev–Trinajstić information content (AvgIpc) is 2.32. The van der Waals surface area contributed by atoms with Gasteiger partial charge in [0.1, 0.15) is 0 Å². The van der Waals surface area contributed by atoms with Crippen LogP contribution in [0, 0.1) is 13.8 Å². The second kappa shape index (κ2) is 5.16. The summed E-state index contributed by atoms with van der Waals surface area (Å²) in [6, 6.07) is 14.5. The zero-order chi connectivity index (χ0) is 13.2. The summed E-state index contributed by atoms with van der Waals surface area (Å²) >= 11 is 0. The molecule has 2 nitrogen and oxygen atoms in total. The van der Waals surface area contributed by atoms with Gasteiger partial charge in [-0.2, -0.15) is 0 Å². The van der Waals surface area contributed by atoms with Gasteiger partial charge in [0, 0.05) is 15.7 Å². The third-order valence-electron chi connectivity index (χ3n) is 2.59. The third kappa shape index (κ3) is 2.94. The molecule has 0 aliphatic rings. The number of hydrogen-bond donors (Lipinski definition) is 0. The van der Waals surface area contributed by atoms with Crippen molar-refractivity contribution >= 4 is 19.7 Å². The number of hydrogen-bond acceptors (Lipinski definition) is 3. The van der Waals surface area contributed by atoms with E-state index in [4.69, 9.17) is 0 Å². The molecule has 0 bridgehead atoms. The molecule has 0 radical (unpaired) electrons. The molecule has 0 saturated heterocycles. The zero-order valence-corrected chi connectivity index (χ0v) is 11.9. The Morgan fingerprint density at radius 3 is 2.11 bits per heavy atom. The lowest BCUT2D eigenvalue weighted by molar-refractivity contribution is 0.610. The van der Waals surface area contributed by atoms with E-state index in [1.807, 2.05) is 50.2 Å². The van der Waals surface area contributed by atoms with Gasteiger partial charge >= 0.3 is 0 Å². The molecule has 0 unspecified atom stereocenters. The Labute approximate surface area is 111 Å². The molecule has 2 rings (SSSR count). The van der Waals surface area contributed by atoms with Gasteiger partial charge in [0.05, 0.1) is 4.90 Å². The maximum Gasteiger partial charge on any atom is 0.234 e. The molecule has 18 heavy (non-hydrogen) atoms. The topological polar surface area (TPSA) is 34.1 Å². The smallest absolute Gasteiger partial charge is 0.212 e. The molecular formula is C14H14O2S2. The predicted molar refractivity (Wildman–Crippen MR) is 75.4 cm³/mol. The van der Waals surface area contributed by atoms with Crippen molar-refractivity contribution in [3.8, 4) is 0 Å². The van der Waals surface area contributed by atoms with Crippen LogP contribution in [0.5, 0.6) is 0 Å². The van der Waals surface area contributed by atoms with Crippen LogP contribution in [0.1, 0.15) is 11.1 Å². The lowest BCUT2D eigenvalue weighted by Gasteiger charge is -2.06. The third-order valence-corrected chi connectivity index (χ3v) is 6.04. The summed E-state index contributed by atoms with van der Waals surface area (Å²) < 4.78 is 24.5. The first-order valence-electron chi connectivity index (χ1n) is 5.56. The summed E-state index contributed by atoms with van der Waals surface area (Å²) in [5.41, 5.74) is 1.89. The van der Waals surface area contributed by atoms with E-state index in [0.29, 0.717) is 4.90 Å². The first-order valence-corrected chi connectivity index (χ1v) is 8.37. The number of benzene rings is 2. The Bertz CT molecular complexity index is 644. The van der Waals surface area contributed by atoms with Crippen LogP contribution >= 0.6 is 10.8 Å². The first-order chi connectivity index (χ1) is 8.49. The van der Waals surface area contributed by atoms with Crippen LogP contribution in [-0.4, -0.2) is 8.42 Å². The molecule has 0 saturated carbocycles. The van der Waals surface area contributed by atoms with E-state index in [0.717, 1.165) is 26.8 Å². The highest BCUT2D eigenvalue weighted by Gasteiger charge is 2.18. The van der Waals surface area contributed by atoms with Crippen molar-refractivity contribution in [3.63, 3.8) is 0 Å². The minimum atomic E-state index is -3.34. The molecule has 0 atom stereocenters. The molecule has 0 aromatic heterocycles. The second-order valence-electron chi connectivity index (χ2n) is 4.12. The van der Waals surface area contributed by atoms with Gasteiger partial charge in [0.2, 0.25) is 8.87 Å². The largest absolute Gasteiger partial charge is 0.234 e. The van der Waals surface area contributed by atoms with Crippen molar-refractivity contribution < 1.29 is 8.42 Å². The van der Waals surface area contributed by atoms with E-state index >= 15 is 0 Å². The minimum Gasteiger partial charge on any atom is -0.212 e. The Kier molecular flexibility index (Phi) is 3.78. The van der Waals surface area contributed by atoms with Gasteiger partial charge < -0.3 is 0 Å². The standard InChI is InChI=1S/C14H14O2S2/c1-11-7-9-13(10-8-11)17-18(15,16)14-6-4-3-5-12(14)2/h3-10H,1-2H3. The molecule has 2 aromatic rings. The van der Waals surface area contributed by atoms with E-state index < -0.39 is 8.87 Å². The number of rotatable bonds is 3. The van der Waals surface area contributed by atoms with Crippen LogP contribution in [0.15, 0.2) is 58.3 Å². The number of aryl methyl sites for hydroxylation is 2. The van der Waals surface area contributed by atoms with Gasteiger partial charge in [-0.05, 0) is 37.6 Å². The van der Waals surface area contributed by atoms with E-state index in [1.165, 1.54) is 0 Å². The Balaban J connectivity index is 2.33. The summed E-state index contributed by atoms with van der Waals surface area (Å²) in [5, 5.41) is 0. The van der Waals surface area contributed by atoms with Crippen molar-refractivity contribution in [1.29, 1.82) is 0 Å². The first kappa shape index (κ1) is 13.2. The fraction of sp³-hybridized carbons (Fsp3) is 0.143. The zero-order valence-electron chi connectivity index (χ0n) is 10.3. The maximum atomic E-state index is 12.3. The fourth-order valence-corrected chi connectivity index (χ4v) is 4.82. The quantitative estimate of drug-likeness (QED) is 0.801. The monoisotopic (exact) mass is 278 g/mol. The van der Waals surface area contributed by atoms with Crippen molar-refractivity contribution in [2.24, 2.45) is 0 Å². The van der Waals surface area contributed by atoms with Crippen molar-refractivity contribution in [2.75, 3.05) is 0 Å². The molecule has 94 valence electrons. The maximum absolute atomic E-state index is 12.3. The van der Waals surface area contributed by atoms with Crippen LogP contribution in [-0.2, 0) is 8.87 Å². The van der Waals surface area contributed by atoms with Crippen LogP contribution < -0.4 is 0 Å². The minimum absolute atomic E-state index is 0.385. The highest BCUT2D eigenvalue weighted by atomic mass is 33.1. The molecule has 0 spiro atoms. The normalized spacial score (nSPS) is 11.4. The predicted octanol–water partition coefficient (Wildman–Crippen LogP) is 3.78. The fourth-order valence-electron chi connectivity index (χ4n) is 1.60. The molecule has 2 aromatic carbocycles. The molecule has 0 aliphatic carbocycles. The molecule has 0 fully saturated rings. The summed E-state index contributed by atoms with van der Waals surface area (Å²) in [5.74, 6) is 0. The van der Waals surface area contributed by atoms with Crippen LogP contribution in [0.2, 0.25) is 0 Å². The van der Waals surface area contributed by atoms with Crippen LogP contribution in [0.3, 0.4) is 0 Å². The Hall–Kier alpha value is -1.26. The summed E-state index contributed by atoms with van der Waals surface area (Å²) in [6.07, 6.45) is 0. The van der Waals surface area contributed by atoms with Gasteiger partial charge in [-0.25, -0.2) is 8.42 Å². The SMILES string of the molecule is Cc1ccc(SS(=O)(=O)c2ccccc2C)cc1. The summed E-state index contributed by atoms with van der Waals surface area (Å²) in [6.45, 7) is 3.78. The van der Waals surface area contributed by atoms with E-state index in [1.54, 1.807) is 12.1 Å². The Morgan fingerprint density at radius 2 is 1.50 bits per heavy atom. The lowest BCUT2D eigenvalue weighted by atomic mass is 10.2.